The first-order chi connectivity index (χ1) is 13.6. The van der Waals surface area contributed by atoms with E-state index in [1.165, 1.54) is 0 Å². The molecule has 0 saturated carbocycles. The van der Waals surface area contributed by atoms with Crippen LogP contribution in [-0.4, -0.2) is 33.5 Å². The molecule has 0 saturated heterocycles. The Balaban J connectivity index is 0.000000336. The second-order valence-corrected chi connectivity index (χ2v) is 5.83. The highest BCUT2D eigenvalue weighted by Crippen LogP contribution is 2.52. The van der Waals surface area contributed by atoms with Gasteiger partial charge in [-0.3, -0.25) is 0 Å². The van der Waals surface area contributed by atoms with Gasteiger partial charge in [-0.25, -0.2) is 0 Å². The van der Waals surface area contributed by atoms with Crippen LogP contribution in [0.5, 0.6) is 28.7 Å². The minimum atomic E-state index is 0.322. The maximum atomic E-state index is 8.63. The van der Waals surface area contributed by atoms with Crippen molar-refractivity contribution in [1.29, 1.82) is 0 Å². The Kier molecular flexibility index (Phi) is 7.57. The molecule has 0 spiro atoms. The number of aromatic hydroxyl groups is 1. The number of rotatable bonds is 5. The maximum absolute atomic E-state index is 8.63. The molecule has 3 rings (SSSR count). The molecule has 0 aliphatic carbocycles. The summed E-state index contributed by atoms with van der Waals surface area (Å²) < 4.78 is 22.0. The Hall–Kier alpha value is -3.34. The van der Waals surface area contributed by atoms with E-state index in [1.807, 2.05) is 43.3 Å². The molecular weight excluding hydrogens is 356 g/mol. The molecule has 28 heavy (non-hydrogen) atoms. The van der Waals surface area contributed by atoms with Gasteiger partial charge < -0.3 is 24.1 Å². The summed E-state index contributed by atoms with van der Waals surface area (Å²) in [5, 5.41) is 8.63. The van der Waals surface area contributed by atoms with E-state index in [0.29, 0.717) is 28.7 Å². The zero-order valence-electron chi connectivity index (χ0n) is 16.9. The molecule has 3 aromatic carbocycles. The zero-order valence-corrected chi connectivity index (χ0v) is 16.9. The lowest BCUT2D eigenvalue weighted by molar-refractivity contribution is 0.305. The second kappa shape index (κ2) is 10.1. The van der Waals surface area contributed by atoms with Crippen LogP contribution in [0.25, 0.3) is 11.1 Å². The van der Waals surface area contributed by atoms with Crippen LogP contribution in [0.4, 0.5) is 0 Å². The van der Waals surface area contributed by atoms with Crippen LogP contribution >= 0.6 is 0 Å². The van der Waals surface area contributed by atoms with Crippen molar-refractivity contribution < 1.29 is 24.1 Å². The van der Waals surface area contributed by atoms with Crippen LogP contribution < -0.4 is 18.9 Å². The third kappa shape index (κ3) is 4.49. The maximum Gasteiger partial charge on any atom is 0.207 e. The molecule has 0 aliphatic rings. The highest BCUT2D eigenvalue weighted by atomic mass is 16.5. The highest BCUT2D eigenvalue weighted by molar-refractivity contribution is 5.83. The molecule has 0 aliphatic heterocycles. The lowest BCUT2D eigenvalue weighted by Crippen LogP contribution is -2.02. The first-order valence-corrected chi connectivity index (χ1v) is 8.74. The molecule has 0 fully saturated rings. The zero-order chi connectivity index (χ0) is 20.5. The van der Waals surface area contributed by atoms with Crippen molar-refractivity contribution >= 4 is 0 Å². The van der Waals surface area contributed by atoms with Crippen LogP contribution in [0.3, 0.4) is 0 Å². The number of hydrogen-bond donors (Lipinski definition) is 1. The average molecular weight is 382 g/mol. The molecule has 148 valence electrons. The molecule has 0 heterocycles. The van der Waals surface area contributed by atoms with Gasteiger partial charge in [0.05, 0.1) is 28.4 Å². The van der Waals surface area contributed by atoms with E-state index in [2.05, 4.69) is 0 Å². The Morgan fingerprint density at radius 2 is 1.00 bits per heavy atom. The van der Waals surface area contributed by atoms with E-state index in [1.54, 1.807) is 52.7 Å². The van der Waals surface area contributed by atoms with Crippen LogP contribution in [0.15, 0.2) is 60.7 Å². The topological polar surface area (TPSA) is 57.2 Å². The summed E-state index contributed by atoms with van der Waals surface area (Å²) in [6.07, 6.45) is 0. The lowest BCUT2D eigenvalue weighted by Gasteiger charge is -2.21. The number of para-hydroxylation sites is 1. The Morgan fingerprint density at radius 3 is 1.39 bits per heavy atom. The summed E-state index contributed by atoms with van der Waals surface area (Å²) in [6.45, 7) is 1.98. The lowest BCUT2D eigenvalue weighted by atomic mass is 9.97. The number of methoxy groups -OCH3 is 4. The van der Waals surface area contributed by atoms with Gasteiger partial charge in [0.15, 0.2) is 11.5 Å². The molecular formula is C23H26O5. The standard InChI is InChI=1S/C17H20O4.C6H6O/c1-11-13(12-9-7-6-8-10-12)15(19-3)17(21-5)16(20-4)14(11)18-2;7-6-4-2-1-3-5-6/h6-10H,1-5H3;1-5,7H. The fourth-order valence-corrected chi connectivity index (χ4v) is 2.97. The Bertz CT molecular complexity index is 877. The molecule has 0 amide bonds. The Labute approximate surface area is 166 Å². The summed E-state index contributed by atoms with van der Waals surface area (Å²) in [5.41, 5.74) is 2.91. The van der Waals surface area contributed by atoms with Crippen molar-refractivity contribution in [2.75, 3.05) is 28.4 Å². The summed E-state index contributed by atoms with van der Waals surface area (Å²) in [6, 6.07) is 18.7. The SMILES string of the molecule is COc1c(C)c(-c2ccccc2)c(OC)c(OC)c1OC.Oc1ccccc1. The van der Waals surface area contributed by atoms with E-state index >= 15 is 0 Å². The first kappa shape index (κ1) is 21.0. The second-order valence-electron chi connectivity index (χ2n) is 5.83. The molecule has 5 heteroatoms. The summed E-state index contributed by atoms with van der Waals surface area (Å²) in [7, 11) is 6.41. The fourth-order valence-electron chi connectivity index (χ4n) is 2.97. The summed E-state index contributed by atoms with van der Waals surface area (Å²) in [4.78, 5) is 0. The van der Waals surface area contributed by atoms with Crippen LogP contribution in [0, 0.1) is 6.92 Å². The van der Waals surface area contributed by atoms with E-state index in [-0.39, 0.29) is 0 Å². The Morgan fingerprint density at radius 1 is 0.571 bits per heavy atom. The predicted molar refractivity (Wildman–Crippen MR) is 111 cm³/mol. The van der Waals surface area contributed by atoms with Gasteiger partial charge in [0.2, 0.25) is 11.5 Å². The fraction of sp³-hybridized carbons (Fsp3) is 0.217. The quantitative estimate of drug-likeness (QED) is 0.666. The summed E-state index contributed by atoms with van der Waals surface area (Å²) in [5.74, 6) is 2.67. The molecule has 5 nitrogen and oxygen atoms in total. The third-order valence-electron chi connectivity index (χ3n) is 4.20. The third-order valence-corrected chi connectivity index (χ3v) is 4.20. The number of benzene rings is 3. The van der Waals surface area contributed by atoms with Gasteiger partial charge in [0.25, 0.3) is 0 Å². The predicted octanol–water partition coefficient (Wildman–Crippen LogP) is 5.09. The monoisotopic (exact) mass is 382 g/mol. The highest BCUT2D eigenvalue weighted by Gasteiger charge is 2.25. The molecule has 0 unspecified atom stereocenters. The largest absolute Gasteiger partial charge is 0.508 e. The average Bonchev–Trinajstić information content (AvgIpc) is 2.74. The minimum absolute atomic E-state index is 0.322. The van der Waals surface area contributed by atoms with Gasteiger partial charge in [0.1, 0.15) is 5.75 Å². The van der Waals surface area contributed by atoms with Gasteiger partial charge in [-0.05, 0) is 24.6 Å². The molecule has 0 radical (unpaired) electrons. The number of phenolic OH excluding ortho intramolecular Hbond substituents is 1. The van der Waals surface area contributed by atoms with Crippen molar-refractivity contribution in [2.45, 2.75) is 6.92 Å². The molecule has 3 aromatic rings. The van der Waals surface area contributed by atoms with Gasteiger partial charge in [-0.15, -0.1) is 0 Å². The molecule has 1 N–H and O–H groups in total. The van der Waals surface area contributed by atoms with Crippen LogP contribution in [0.1, 0.15) is 5.56 Å². The van der Waals surface area contributed by atoms with Crippen LogP contribution in [0.2, 0.25) is 0 Å². The van der Waals surface area contributed by atoms with Crippen molar-refractivity contribution in [3.8, 4) is 39.9 Å². The van der Waals surface area contributed by atoms with Crippen molar-refractivity contribution in [2.24, 2.45) is 0 Å². The van der Waals surface area contributed by atoms with Crippen molar-refractivity contribution in [3.05, 3.63) is 66.2 Å². The van der Waals surface area contributed by atoms with Crippen molar-refractivity contribution in [1.82, 2.24) is 0 Å². The van der Waals surface area contributed by atoms with Gasteiger partial charge in [-0.1, -0.05) is 48.5 Å². The smallest absolute Gasteiger partial charge is 0.207 e. The normalized spacial score (nSPS) is 9.75. The van der Waals surface area contributed by atoms with Gasteiger partial charge in [-0.2, -0.15) is 0 Å². The molecule has 0 bridgehead atoms. The van der Waals surface area contributed by atoms with E-state index in [4.69, 9.17) is 24.1 Å². The number of hydrogen-bond acceptors (Lipinski definition) is 5. The first-order valence-electron chi connectivity index (χ1n) is 8.74. The molecule has 0 atom stereocenters. The number of phenols is 1. The summed E-state index contributed by atoms with van der Waals surface area (Å²) >= 11 is 0. The van der Waals surface area contributed by atoms with E-state index < -0.39 is 0 Å². The van der Waals surface area contributed by atoms with E-state index in [9.17, 15) is 0 Å². The van der Waals surface area contributed by atoms with Gasteiger partial charge >= 0.3 is 0 Å². The number of ether oxygens (including phenoxy) is 4. The van der Waals surface area contributed by atoms with E-state index in [0.717, 1.165) is 16.7 Å². The molecule has 0 aromatic heterocycles. The van der Waals surface area contributed by atoms with Crippen molar-refractivity contribution in [3.63, 3.8) is 0 Å². The van der Waals surface area contributed by atoms with Gasteiger partial charge in [0, 0.05) is 11.1 Å². The minimum Gasteiger partial charge on any atom is -0.508 e. The van der Waals surface area contributed by atoms with Crippen LogP contribution in [-0.2, 0) is 0 Å².